The molecule has 0 saturated carbocycles. The summed E-state index contributed by atoms with van der Waals surface area (Å²) in [6.07, 6.45) is 4.26. The Balaban J connectivity index is 1.66. The molecule has 1 N–H and O–H groups in total. The zero-order valence-electron chi connectivity index (χ0n) is 13.4. The number of hydrogen-bond acceptors (Lipinski definition) is 4. The van der Waals surface area contributed by atoms with Gasteiger partial charge in [-0.15, -0.1) is 0 Å². The van der Waals surface area contributed by atoms with Crippen molar-refractivity contribution in [3.63, 3.8) is 0 Å². The Hall–Kier alpha value is -2.12. The highest BCUT2D eigenvalue weighted by atomic mass is 32.2. The maximum Gasteiger partial charge on any atom is 0.243 e. The van der Waals surface area contributed by atoms with Crippen molar-refractivity contribution < 1.29 is 17.6 Å². The van der Waals surface area contributed by atoms with E-state index in [1.807, 2.05) is 6.07 Å². The minimum Gasteiger partial charge on any atom is -0.469 e. The maximum absolute atomic E-state index is 12.4. The molecule has 2 aromatic rings. The zero-order valence-corrected chi connectivity index (χ0v) is 14.3. The summed E-state index contributed by atoms with van der Waals surface area (Å²) in [6, 6.07) is 9.84. The van der Waals surface area contributed by atoms with Crippen LogP contribution in [0.2, 0.25) is 0 Å². The van der Waals surface area contributed by atoms with Crippen LogP contribution in [0.1, 0.15) is 30.2 Å². The number of rotatable bonds is 5. The molecule has 0 spiro atoms. The van der Waals surface area contributed by atoms with E-state index in [4.69, 9.17) is 4.42 Å². The molecule has 6 nitrogen and oxygen atoms in total. The summed E-state index contributed by atoms with van der Waals surface area (Å²) in [5.41, 5.74) is 0.989. The van der Waals surface area contributed by atoms with Crippen molar-refractivity contribution >= 4 is 15.9 Å². The molecule has 0 bridgehead atoms. The lowest BCUT2D eigenvalue weighted by Crippen LogP contribution is -2.40. The smallest absolute Gasteiger partial charge is 0.243 e. The Bertz CT molecular complexity index is 814. The number of furan rings is 1. The predicted molar refractivity (Wildman–Crippen MR) is 88.8 cm³/mol. The molecule has 1 heterocycles. The fourth-order valence-electron chi connectivity index (χ4n) is 2.94. The Labute approximate surface area is 141 Å². The number of nitrogens with one attached hydrogen (secondary N) is 1. The molecule has 1 aromatic carbocycles. The Morgan fingerprint density at radius 2 is 2.04 bits per heavy atom. The van der Waals surface area contributed by atoms with Crippen LogP contribution in [0.3, 0.4) is 0 Å². The first-order valence-corrected chi connectivity index (χ1v) is 9.29. The standard InChI is InChI=1S/C17H20N2O4S/c1-19(24(21,22)13-6-3-2-4-7-13)12-17(20)18-15-8-5-9-16-14(15)10-11-23-16/h2-4,6-7,10-11,15H,5,8-9,12H2,1H3,(H,18,20). The molecular formula is C17H20N2O4S. The lowest BCUT2D eigenvalue weighted by molar-refractivity contribution is -0.122. The fourth-order valence-corrected chi connectivity index (χ4v) is 4.08. The summed E-state index contributed by atoms with van der Waals surface area (Å²) in [5, 5.41) is 2.91. The van der Waals surface area contributed by atoms with Crippen molar-refractivity contribution in [2.45, 2.75) is 30.2 Å². The second-order valence-electron chi connectivity index (χ2n) is 5.89. The van der Waals surface area contributed by atoms with E-state index < -0.39 is 10.0 Å². The van der Waals surface area contributed by atoms with Crippen molar-refractivity contribution in [1.29, 1.82) is 0 Å². The molecule has 1 aromatic heterocycles. The highest BCUT2D eigenvalue weighted by Gasteiger charge is 2.27. The number of amides is 1. The van der Waals surface area contributed by atoms with E-state index in [-0.39, 0.29) is 23.4 Å². The van der Waals surface area contributed by atoms with Gasteiger partial charge in [-0.25, -0.2) is 8.42 Å². The summed E-state index contributed by atoms with van der Waals surface area (Å²) in [6.45, 7) is -0.221. The molecule has 1 amide bonds. The van der Waals surface area contributed by atoms with E-state index >= 15 is 0 Å². The number of aryl methyl sites for hydroxylation is 1. The lowest BCUT2D eigenvalue weighted by Gasteiger charge is -2.24. The second kappa shape index (κ2) is 6.78. The van der Waals surface area contributed by atoms with E-state index in [2.05, 4.69) is 5.32 Å². The number of likely N-dealkylation sites (N-methyl/N-ethyl adjacent to an activating group) is 1. The van der Waals surface area contributed by atoms with E-state index in [0.717, 1.165) is 34.9 Å². The van der Waals surface area contributed by atoms with Gasteiger partial charge in [-0.2, -0.15) is 4.31 Å². The quantitative estimate of drug-likeness (QED) is 0.897. The number of carbonyl (C=O) groups is 1. The van der Waals surface area contributed by atoms with Gasteiger partial charge < -0.3 is 9.73 Å². The van der Waals surface area contributed by atoms with Crippen LogP contribution in [0.5, 0.6) is 0 Å². The monoisotopic (exact) mass is 348 g/mol. The van der Waals surface area contributed by atoms with E-state index in [0.29, 0.717) is 0 Å². The summed E-state index contributed by atoms with van der Waals surface area (Å²) in [7, 11) is -2.26. The van der Waals surface area contributed by atoms with Crippen LogP contribution in [-0.2, 0) is 21.2 Å². The van der Waals surface area contributed by atoms with Crippen molar-refractivity contribution in [2.75, 3.05) is 13.6 Å². The molecule has 1 aliphatic rings. The Morgan fingerprint density at radius 1 is 1.29 bits per heavy atom. The fraction of sp³-hybridized carbons (Fsp3) is 0.353. The first kappa shape index (κ1) is 16.7. The molecule has 1 atom stereocenters. The first-order valence-electron chi connectivity index (χ1n) is 7.85. The average molecular weight is 348 g/mol. The van der Waals surface area contributed by atoms with Crippen LogP contribution in [0.4, 0.5) is 0 Å². The normalized spacial score (nSPS) is 17.5. The van der Waals surface area contributed by atoms with Gasteiger partial charge in [0.05, 0.1) is 23.7 Å². The molecule has 0 radical (unpaired) electrons. The number of hydrogen-bond donors (Lipinski definition) is 1. The van der Waals surface area contributed by atoms with Gasteiger partial charge in [0.2, 0.25) is 15.9 Å². The minimum atomic E-state index is -3.67. The van der Waals surface area contributed by atoms with Crippen LogP contribution in [0, 0.1) is 0 Å². The van der Waals surface area contributed by atoms with Gasteiger partial charge in [0, 0.05) is 19.0 Å². The number of nitrogens with zero attached hydrogens (tertiary/aromatic N) is 1. The summed E-state index contributed by atoms with van der Waals surface area (Å²) < 4.78 is 31.4. The number of sulfonamides is 1. The lowest BCUT2D eigenvalue weighted by atomic mass is 9.93. The molecule has 24 heavy (non-hydrogen) atoms. The third-order valence-corrected chi connectivity index (χ3v) is 6.02. The summed E-state index contributed by atoms with van der Waals surface area (Å²) >= 11 is 0. The second-order valence-corrected chi connectivity index (χ2v) is 7.93. The van der Waals surface area contributed by atoms with Crippen molar-refractivity contribution in [1.82, 2.24) is 9.62 Å². The Kier molecular flexibility index (Phi) is 4.73. The number of carbonyl (C=O) groups excluding carboxylic acids is 1. The molecular weight excluding hydrogens is 328 g/mol. The molecule has 128 valence electrons. The summed E-state index contributed by atoms with van der Waals surface area (Å²) in [4.78, 5) is 12.5. The number of benzene rings is 1. The molecule has 0 saturated heterocycles. The van der Waals surface area contributed by atoms with Gasteiger partial charge in [-0.3, -0.25) is 4.79 Å². The molecule has 0 fully saturated rings. The molecule has 0 aliphatic heterocycles. The van der Waals surface area contributed by atoms with Gasteiger partial charge in [0.25, 0.3) is 0 Å². The van der Waals surface area contributed by atoms with Crippen molar-refractivity contribution in [3.8, 4) is 0 Å². The molecule has 1 unspecified atom stereocenters. The van der Waals surface area contributed by atoms with Gasteiger partial charge in [-0.1, -0.05) is 18.2 Å². The van der Waals surface area contributed by atoms with Crippen molar-refractivity contribution in [2.24, 2.45) is 0 Å². The molecule has 3 rings (SSSR count). The predicted octanol–water partition coefficient (Wildman–Crippen LogP) is 2.09. The highest BCUT2D eigenvalue weighted by molar-refractivity contribution is 7.89. The SMILES string of the molecule is CN(CC(=O)NC1CCCc2occc21)S(=O)(=O)c1ccccc1. The van der Waals surface area contributed by atoms with Crippen LogP contribution in [-0.4, -0.2) is 32.2 Å². The largest absolute Gasteiger partial charge is 0.469 e. The van der Waals surface area contributed by atoms with E-state index in [1.165, 1.54) is 19.2 Å². The van der Waals surface area contributed by atoms with Gasteiger partial charge in [0.15, 0.2) is 0 Å². The van der Waals surface area contributed by atoms with Crippen LogP contribution in [0.25, 0.3) is 0 Å². The zero-order chi connectivity index (χ0) is 17.2. The maximum atomic E-state index is 12.4. The van der Waals surface area contributed by atoms with Crippen LogP contribution >= 0.6 is 0 Å². The molecule has 7 heteroatoms. The summed E-state index contributed by atoms with van der Waals surface area (Å²) in [5.74, 6) is 0.577. The number of fused-ring (bicyclic) bond motifs is 1. The highest BCUT2D eigenvalue weighted by Crippen LogP contribution is 2.30. The van der Waals surface area contributed by atoms with E-state index in [1.54, 1.807) is 24.5 Å². The van der Waals surface area contributed by atoms with Crippen LogP contribution < -0.4 is 5.32 Å². The molecule has 1 aliphatic carbocycles. The van der Waals surface area contributed by atoms with Crippen molar-refractivity contribution in [3.05, 3.63) is 54.0 Å². The first-order chi connectivity index (χ1) is 11.5. The third kappa shape index (κ3) is 3.37. The van der Waals surface area contributed by atoms with Crippen LogP contribution in [0.15, 0.2) is 52.0 Å². The Morgan fingerprint density at radius 3 is 2.79 bits per heavy atom. The van der Waals surface area contributed by atoms with Gasteiger partial charge in [0.1, 0.15) is 5.76 Å². The topological polar surface area (TPSA) is 79.6 Å². The van der Waals surface area contributed by atoms with E-state index in [9.17, 15) is 13.2 Å². The van der Waals surface area contributed by atoms with Gasteiger partial charge in [-0.05, 0) is 31.0 Å². The minimum absolute atomic E-state index is 0.118. The third-order valence-electron chi connectivity index (χ3n) is 4.20. The average Bonchev–Trinajstić information content (AvgIpc) is 3.05. The van der Waals surface area contributed by atoms with Gasteiger partial charge >= 0.3 is 0 Å².